The predicted octanol–water partition coefficient (Wildman–Crippen LogP) is 3.40. The molecule has 0 bridgehead atoms. The molecule has 0 fully saturated rings. The molecule has 0 aliphatic carbocycles. The van der Waals surface area contributed by atoms with Gasteiger partial charge in [0.25, 0.3) is 15.9 Å². The quantitative estimate of drug-likeness (QED) is 0.740. The van der Waals surface area contributed by atoms with E-state index in [0.717, 1.165) is 0 Å². The molecule has 0 heterocycles. The molecule has 0 aliphatic rings. The van der Waals surface area contributed by atoms with Crippen LogP contribution in [0.3, 0.4) is 0 Å². The van der Waals surface area contributed by atoms with Crippen molar-refractivity contribution in [3.8, 4) is 5.75 Å². The van der Waals surface area contributed by atoms with E-state index in [1.54, 1.807) is 24.3 Å². The van der Waals surface area contributed by atoms with Gasteiger partial charge in [-0.1, -0.05) is 12.1 Å². The van der Waals surface area contributed by atoms with Crippen LogP contribution in [-0.2, 0) is 10.0 Å². The van der Waals surface area contributed by atoms with Crippen LogP contribution >= 0.6 is 15.9 Å². The average Bonchev–Trinajstić information content (AvgIpc) is 2.55. The van der Waals surface area contributed by atoms with Gasteiger partial charge < -0.3 is 10.1 Å². The van der Waals surface area contributed by atoms with Crippen molar-refractivity contribution in [2.45, 2.75) is 24.8 Å². The molecule has 0 radical (unpaired) electrons. The molecule has 2 aromatic carbocycles. The third-order valence-electron chi connectivity index (χ3n) is 3.26. The van der Waals surface area contributed by atoms with Crippen molar-refractivity contribution in [3.63, 3.8) is 0 Å². The first-order valence-corrected chi connectivity index (χ1v) is 9.78. The lowest BCUT2D eigenvalue weighted by molar-refractivity contribution is 0.0940. The number of sulfonamides is 1. The van der Waals surface area contributed by atoms with Gasteiger partial charge >= 0.3 is 0 Å². The number of methoxy groups -OCH3 is 1. The van der Waals surface area contributed by atoms with Gasteiger partial charge in [0.1, 0.15) is 5.75 Å². The van der Waals surface area contributed by atoms with Gasteiger partial charge in [0.05, 0.1) is 23.3 Å². The number of ether oxygens (including phenoxy) is 1. The van der Waals surface area contributed by atoms with E-state index < -0.39 is 15.9 Å². The number of amides is 1. The minimum atomic E-state index is -3.86. The van der Waals surface area contributed by atoms with E-state index in [2.05, 4.69) is 26.0 Å². The highest BCUT2D eigenvalue weighted by Gasteiger charge is 2.21. The van der Waals surface area contributed by atoms with E-state index in [1.807, 2.05) is 13.8 Å². The van der Waals surface area contributed by atoms with Gasteiger partial charge in [-0.25, -0.2) is 8.42 Å². The van der Waals surface area contributed by atoms with Crippen LogP contribution in [0, 0.1) is 0 Å². The van der Waals surface area contributed by atoms with E-state index in [9.17, 15) is 13.2 Å². The zero-order valence-electron chi connectivity index (χ0n) is 14.0. The first kappa shape index (κ1) is 19.3. The minimum absolute atomic E-state index is 0.0297. The summed E-state index contributed by atoms with van der Waals surface area (Å²) in [7, 11) is -2.44. The molecule has 0 aromatic heterocycles. The van der Waals surface area contributed by atoms with Gasteiger partial charge in [-0.15, -0.1) is 0 Å². The maximum absolute atomic E-state index is 12.6. The fourth-order valence-electron chi connectivity index (χ4n) is 2.12. The molecule has 134 valence electrons. The molecule has 2 rings (SSSR count). The Morgan fingerprint density at radius 2 is 1.84 bits per heavy atom. The predicted molar refractivity (Wildman–Crippen MR) is 101 cm³/mol. The number of nitrogens with one attached hydrogen (secondary N) is 2. The first-order chi connectivity index (χ1) is 11.7. The Morgan fingerprint density at radius 3 is 2.44 bits per heavy atom. The summed E-state index contributed by atoms with van der Waals surface area (Å²) in [6.07, 6.45) is 0. The fraction of sp³-hybridized carbons (Fsp3) is 0.235. The third kappa shape index (κ3) is 4.73. The third-order valence-corrected chi connectivity index (χ3v) is 5.32. The molecule has 0 saturated carbocycles. The van der Waals surface area contributed by atoms with Gasteiger partial charge in [0.15, 0.2) is 0 Å². The summed E-state index contributed by atoms with van der Waals surface area (Å²) in [6.45, 7) is 3.64. The van der Waals surface area contributed by atoms with E-state index in [-0.39, 0.29) is 16.5 Å². The van der Waals surface area contributed by atoms with Gasteiger partial charge in [-0.3, -0.25) is 9.52 Å². The highest BCUT2D eigenvalue weighted by molar-refractivity contribution is 9.10. The van der Waals surface area contributed by atoms with E-state index in [1.165, 1.54) is 25.3 Å². The average molecular weight is 427 g/mol. The Hall–Kier alpha value is -2.06. The lowest BCUT2D eigenvalue weighted by Crippen LogP contribution is -2.30. The fourth-order valence-corrected chi connectivity index (χ4v) is 3.74. The van der Waals surface area contributed by atoms with Gasteiger partial charge in [-0.05, 0) is 60.1 Å². The van der Waals surface area contributed by atoms with Crippen LogP contribution in [0.25, 0.3) is 0 Å². The number of benzene rings is 2. The molecular formula is C17H19BrN2O4S. The number of rotatable bonds is 6. The summed E-state index contributed by atoms with van der Waals surface area (Å²) in [5, 5.41) is 2.73. The Balaban J connectivity index is 2.41. The van der Waals surface area contributed by atoms with E-state index in [4.69, 9.17) is 4.74 Å². The molecule has 0 saturated heterocycles. The second-order valence-corrected chi connectivity index (χ2v) is 8.11. The molecule has 0 aliphatic heterocycles. The Kier molecular flexibility index (Phi) is 6.07. The summed E-state index contributed by atoms with van der Waals surface area (Å²) in [5.41, 5.74) is 0.567. The van der Waals surface area contributed by atoms with Crippen LogP contribution in [0.1, 0.15) is 24.2 Å². The van der Waals surface area contributed by atoms with Crippen LogP contribution in [-0.4, -0.2) is 27.5 Å². The molecule has 0 atom stereocenters. The van der Waals surface area contributed by atoms with E-state index >= 15 is 0 Å². The Bertz CT molecular complexity index is 882. The number of hydrogen-bond acceptors (Lipinski definition) is 4. The zero-order valence-corrected chi connectivity index (χ0v) is 16.4. The van der Waals surface area contributed by atoms with Crippen molar-refractivity contribution in [3.05, 3.63) is 52.5 Å². The normalized spacial score (nSPS) is 11.2. The number of anilines is 1. The topological polar surface area (TPSA) is 84.5 Å². The van der Waals surface area contributed by atoms with Gasteiger partial charge in [-0.2, -0.15) is 0 Å². The van der Waals surface area contributed by atoms with Crippen molar-refractivity contribution >= 4 is 37.5 Å². The van der Waals surface area contributed by atoms with E-state index in [0.29, 0.717) is 15.9 Å². The lowest BCUT2D eigenvalue weighted by Gasteiger charge is -2.14. The SMILES string of the molecule is COc1ccc(S(=O)(=O)Nc2ccccc2Br)cc1C(=O)NC(C)C. The largest absolute Gasteiger partial charge is 0.496 e. The molecule has 0 spiro atoms. The summed E-state index contributed by atoms with van der Waals surface area (Å²) in [4.78, 5) is 12.3. The number of para-hydroxylation sites is 1. The second kappa shape index (κ2) is 7.88. The lowest BCUT2D eigenvalue weighted by atomic mass is 10.2. The maximum atomic E-state index is 12.6. The number of carbonyl (C=O) groups excluding carboxylic acids is 1. The zero-order chi connectivity index (χ0) is 18.6. The number of hydrogen-bond donors (Lipinski definition) is 2. The first-order valence-electron chi connectivity index (χ1n) is 7.51. The summed E-state index contributed by atoms with van der Waals surface area (Å²) in [6, 6.07) is 10.9. The highest BCUT2D eigenvalue weighted by atomic mass is 79.9. The second-order valence-electron chi connectivity index (χ2n) is 5.58. The van der Waals surface area contributed by atoms with Crippen LogP contribution in [0.2, 0.25) is 0 Å². The molecule has 2 N–H and O–H groups in total. The standard InChI is InChI=1S/C17H19BrN2O4S/c1-11(2)19-17(21)13-10-12(8-9-16(13)24-3)25(22,23)20-15-7-5-4-6-14(15)18/h4-11,20H,1-3H3,(H,19,21). The van der Waals surface area contributed by atoms with Gasteiger partial charge in [0, 0.05) is 10.5 Å². The molecule has 25 heavy (non-hydrogen) atoms. The monoisotopic (exact) mass is 426 g/mol. The summed E-state index contributed by atoms with van der Waals surface area (Å²) >= 11 is 3.30. The van der Waals surface area contributed by atoms with Crippen molar-refractivity contribution < 1.29 is 17.9 Å². The maximum Gasteiger partial charge on any atom is 0.261 e. The Labute approximate surface area is 155 Å². The van der Waals surface area contributed by atoms with Gasteiger partial charge in [0.2, 0.25) is 0 Å². The molecule has 2 aromatic rings. The highest BCUT2D eigenvalue weighted by Crippen LogP contribution is 2.27. The van der Waals surface area contributed by atoms with Crippen LogP contribution in [0.15, 0.2) is 51.8 Å². The van der Waals surface area contributed by atoms with Crippen LogP contribution in [0.5, 0.6) is 5.75 Å². The summed E-state index contributed by atoms with van der Waals surface area (Å²) in [5.74, 6) is -0.0946. The van der Waals surface area contributed by atoms with Crippen molar-refractivity contribution in [2.75, 3.05) is 11.8 Å². The smallest absolute Gasteiger partial charge is 0.261 e. The summed E-state index contributed by atoms with van der Waals surface area (Å²) < 4.78 is 33.6. The van der Waals surface area contributed by atoms with Crippen LogP contribution in [0.4, 0.5) is 5.69 Å². The molecular weight excluding hydrogens is 408 g/mol. The minimum Gasteiger partial charge on any atom is -0.496 e. The van der Waals surface area contributed by atoms with Crippen molar-refractivity contribution in [1.82, 2.24) is 5.32 Å². The number of carbonyl (C=O) groups is 1. The Morgan fingerprint density at radius 1 is 1.16 bits per heavy atom. The molecule has 8 heteroatoms. The van der Waals surface area contributed by atoms with Crippen molar-refractivity contribution in [1.29, 1.82) is 0 Å². The molecule has 0 unspecified atom stereocenters. The molecule has 1 amide bonds. The number of halogens is 1. The van der Waals surface area contributed by atoms with Crippen molar-refractivity contribution in [2.24, 2.45) is 0 Å². The van der Waals surface area contributed by atoms with Crippen LogP contribution < -0.4 is 14.8 Å². The molecule has 6 nitrogen and oxygen atoms in total.